The Kier molecular flexibility index (Phi) is 6.59. The molecule has 2 rings (SSSR count). The van der Waals surface area contributed by atoms with Crippen LogP contribution in [-0.4, -0.2) is 41.4 Å². The van der Waals surface area contributed by atoms with E-state index < -0.39 is 17.4 Å². The molecule has 2 amide bonds. The number of nitrogens with zero attached hydrogens (tertiary/aromatic N) is 1. The predicted molar refractivity (Wildman–Crippen MR) is 108 cm³/mol. The Morgan fingerprint density at radius 2 is 2.04 bits per heavy atom. The summed E-state index contributed by atoms with van der Waals surface area (Å²) in [5, 5.41) is 3.67. The fourth-order valence-electron chi connectivity index (χ4n) is 2.38. The van der Waals surface area contributed by atoms with E-state index in [1.807, 2.05) is 0 Å². The lowest BCUT2D eigenvalue weighted by molar-refractivity contribution is -0.132. The van der Waals surface area contributed by atoms with Gasteiger partial charge in [-0.25, -0.2) is 0 Å². The van der Waals surface area contributed by atoms with E-state index in [1.54, 1.807) is 45.9 Å². The van der Waals surface area contributed by atoms with Crippen LogP contribution in [0.3, 0.4) is 0 Å². The average molecular weight is 411 g/mol. The van der Waals surface area contributed by atoms with Gasteiger partial charge in [-0.1, -0.05) is 44.1 Å². The van der Waals surface area contributed by atoms with Gasteiger partial charge in [-0.2, -0.15) is 0 Å². The lowest BCUT2D eigenvalue weighted by Crippen LogP contribution is -2.42. The number of hydrogen-bond donors (Lipinski definition) is 1. The zero-order chi connectivity index (χ0) is 20.4. The van der Waals surface area contributed by atoms with Crippen LogP contribution in [0, 0.1) is 5.41 Å². The molecule has 1 N–H and O–H groups in total. The molecule has 1 aromatic carbocycles. The molecule has 0 aliphatic carbocycles. The van der Waals surface area contributed by atoms with Crippen molar-refractivity contribution in [3.05, 3.63) is 34.3 Å². The highest BCUT2D eigenvalue weighted by Crippen LogP contribution is 2.33. The van der Waals surface area contributed by atoms with Crippen LogP contribution in [0.15, 0.2) is 29.3 Å². The number of nitrogens with one attached hydrogen (secondary N) is 1. The summed E-state index contributed by atoms with van der Waals surface area (Å²) in [5.41, 5.74) is -0.151. The van der Waals surface area contributed by atoms with Gasteiger partial charge in [-0.15, -0.1) is 0 Å². The van der Waals surface area contributed by atoms with Gasteiger partial charge < -0.3 is 10.1 Å². The van der Waals surface area contributed by atoms with E-state index in [0.29, 0.717) is 21.5 Å². The molecule has 0 bridgehead atoms. The third-order valence-corrected chi connectivity index (χ3v) is 5.27. The maximum atomic E-state index is 12.7. The van der Waals surface area contributed by atoms with Gasteiger partial charge in [-0.05, 0) is 25.1 Å². The van der Waals surface area contributed by atoms with Crippen LogP contribution >= 0.6 is 23.4 Å². The number of benzene rings is 1. The first kappa shape index (κ1) is 21.3. The normalized spacial score (nSPS) is 17.2. The summed E-state index contributed by atoms with van der Waals surface area (Å²) in [5.74, 6) is -0.0646. The second kappa shape index (κ2) is 8.35. The van der Waals surface area contributed by atoms with E-state index in [1.165, 1.54) is 29.8 Å². The van der Waals surface area contributed by atoms with E-state index in [-0.39, 0.29) is 17.4 Å². The van der Waals surface area contributed by atoms with Crippen LogP contribution in [0.2, 0.25) is 5.02 Å². The number of thioether (sulfide) groups is 1. The summed E-state index contributed by atoms with van der Waals surface area (Å²) in [7, 11) is 1.49. The van der Waals surface area contributed by atoms with Gasteiger partial charge in [-0.3, -0.25) is 19.3 Å². The number of anilines is 1. The molecule has 1 heterocycles. The number of ether oxygens (including phenoxy) is 1. The molecule has 6 nitrogen and oxygen atoms in total. The number of carbonyl (C=O) groups excluding carboxylic acids is 3. The number of rotatable bonds is 5. The van der Waals surface area contributed by atoms with Crippen molar-refractivity contribution in [2.45, 2.75) is 33.7 Å². The Labute approximate surface area is 168 Å². The van der Waals surface area contributed by atoms with Crippen molar-refractivity contribution in [1.82, 2.24) is 4.90 Å². The number of methoxy groups -OCH3 is 1. The fraction of sp³-hybridized carbons (Fsp3) is 0.421. The van der Waals surface area contributed by atoms with Crippen LogP contribution in [0.1, 0.15) is 27.7 Å². The van der Waals surface area contributed by atoms with E-state index >= 15 is 0 Å². The molecule has 0 radical (unpaired) electrons. The lowest BCUT2D eigenvalue weighted by atomic mass is 9.91. The largest absolute Gasteiger partial charge is 0.495 e. The average Bonchev–Trinajstić information content (AvgIpc) is 2.93. The molecule has 1 saturated heterocycles. The summed E-state index contributed by atoms with van der Waals surface area (Å²) in [6.07, 6.45) is 1.44. The van der Waals surface area contributed by atoms with Crippen LogP contribution in [0.4, 0.5) is 5.69 Å². The summed E-state index contributed by atoms with van der Waals surface area (Å²) in [6.45, 7) is 7.03. The van der Waals surface area contributed by atoms with Crippen LogP contribution in [0.25, 0.3) is 0 Å². The Hall–Kier alpha value is -1.99. The maximum absolute atomic E-state index is 12.7. The van der Waals surface area contributed by atoms with E-state index in [0.717, 1.165) is 0 Å². The topological polar surface area (TPSA) is 75.7 Å². The van der Waals surface area contributed by atoms with Gasteiger partial charge >= 0.3 is 0 Å². The number of ketones is 1. The number of halogens is 1. The molecule has 27 heavy (non-hydrogen) atoms. The van der Waals surface area contributed by atoms with Gasteiger partial charge in [0.15, 0.2) is 5.78 Å². The second-order valence-corrected chi connectivity index (χ2v) is 8.59. The van der Waals surface area contributed by atoms with Crippen LogP contribution < -0.4 is 10.1 Å². The number of hydrogen-bond acceptors (Lipinski definition) is 5. The van der Waals surface area contributed by atoms with Crippen LogP contribution in [-0.2, 0) is 14.4 Å². The molecule has 0 aromatic heterocycles. The zero-order valence-electron chi connectivity index (χ0n) is 16.0. The predicted octanol–water partition coefficient (Wildman–Crippen LogP) is 3.71. The monoisotopic (exact) mass is 410 g/mol. The van der Waals surface area contributed by atoms with Gasteiger partial charge in [0.05, 0.1) is 23.6 Å². The van der Waals surface area contributed by atoms with Crippen molar-refractivity contribution < 1.29 is 19.1 Å². The minimum absolute atomic E-state index is 0.103. The molecule has 1 fully saturated rings. The van der Waals surface area contributed by atoms with E-state index in [9.17, 15) is 14.4 Å². The Morgan fingerprint density at radius 1 is 1.37 bits per heavy atom. The highest BCUT2D eigenvalue weighted by molar-refractivity contribution is 8.04. The SMILES string of the molecule is COc1ccc(Cl)cc1NC(=O)[C@@H](C)N1C(=O)CS/C1=C\C(=O)C(C)(C)C. The molecule has 8 heteroatoms. The smallest absolute Gasteiger partial charge is 0.247 e. The van der Waals surface area contributed by atoms with Crippen LogP contribution in [0.5, 0.6) is 5.75 Å². The van der Waals surface area contributed by atoms with Crippen molar-refractivity contribution in [3.8, 4) is 5.75 Å². The highest BCUT2D eigenvalue weighted by Gasteiger charge is 2.35. The molecule has 0 unspecified atom stereocenters. The minimum atomic E-state index is -0.796. The summed E-state index contributed by atoms with van der Waals surface area (Å²) in [6, 6.07) is 4.08. The quantitative estimate of drug-likeness (QED) is 0.749. The Balaban J connectivity index is 2.24. The molecule has 0 spiro atoms. The summed E-state index contributed by atoms with van der Waals surface area (Å²) >= 11 is 7.24. The third-order valence-electron chi connectivity index (χ3n) is 4.03. The Morgan fingerprint density at radius 3 is 2.63 bits per heavy atom. The van der Waals surface area contributed by atoms with E-state index in [4.69, 9.17) is 16.3 Å². The van der Waals surface area contributed by atoms with Crippen molar-refractivity contribution in [1.29, 1.82) is 0 Å². The third kappa shape index (κ3) is 5.05. The molecule has 0 saturated carbocycles. The van der Waals surface area contributed by atoms with Gasteiger partial charge in [0.2, 0.25) is 11.8 Å². The summed E-state index contributed by atoms with van der Waals surface area (Å²) in [4.78, 5) is 38.7. The molecule has 1 aromatic rings. The maximum Gasteiger partial charge on any atom is 0.247 e. The highest BCUT2D eigenvalue weighted by atomic mass is 35.5. The standard InChI is InChI=1S/C19H23ClN2O4S/c1-11(18(25)21-13-8-12(20)6-7-14(13)26-5)22-16(24)10-27-17(22)9-15(23)19(2,3)4/h6-9,11H,10H2,1-5H3,(H,21,25)/b17-9-/t11-/m1/s1. The number of amides is 2. The lowest BCUT2D eigenvalue weighted by Gasteiger charge is -2.25. The van der Waals surface area contributed by atoms with E-state index in [2.05, 4.69) is 5.32 Å². The summed E-state index contributed by atoms with van der Waals surface area (Å²) < 4.78 is 5.22. The van der Waals surface area contributed by atoms with Gasteiger partial charge in [0.1, 0.15) is 11.8 Å². The fourth-order valence-corrected chi connectivity index (χ4v) is 3.55. The van der Waals surface area contributed by atoms with Crippen molar-refractivity contribution in [2.24, 2.45) is 5.41 Å². The molecule has 146 valence electrons. The van der Waals surface area contributed by atoms with Gasteiger partial charge in [0.25, 0.3) is 0 Å². The Bertz CT molecular complexity index is 801. The second-order valence-electron chi connectivity index (χ2n) is 7.16. The minimum Gasteiger partial charge on any atom is -0.495 e. The zero-order valence-corrected chi connectivity index (χ0v) is 17.5. The van der Waals surface area contributed by atoms with Crippen molar-refractivity contribution >= 4 is 46.6 Å². The molecular weight excluding hydrogens is 388 g/mol. The van der Waals surface area contributed by atoms with Gasteiger partial charge in [0, 0.05) is 16.5 Å². The van der Waals surface area contributed by atoms with Crippen molar-refractivity contribution in [3.63, 3.8) is 0 Å². The number of allylic oxidation sites excluding steroid dienone is 1. The molecule has 1 aliphatic rings. The molecule has 1 atom stereocenters. The first-order valence-electron chi connectivity index (χ1n) is 8.40. The molecular formula is C19H23ClN2O4S. The number of carbonyl (C=O) groups is 3. The first-order valence-corrected chi connectivity index (χ1v) is 9.76. The van der Waals surface area contributed by atoms with Crippen molar-refractivity contribution in [2.75, 3.05) is 18.2 Å². The first-order chi connectivity index (χ1) is 12.5. The molecule has 1 aliphatic heterocycles.